The second-order valence-electron chi connectivity index (χ2n) is 6.47. The Kier molecular flexibility index (Phi) is 4.92. The van der Waals surface area contributed by atoms with Gasteiger partial charge in [-0.05, 0) is 68.1 Å². The molecule has 0 aromatic heterocycles. The van der Waals surface area contributed by atoms with Gasteiger partial charge in [0.05, 0.1) is 4.90 Å². The summed E-state index contributed by atoms with van der Waals surface area (Å²) in [6.07, 6.45) is 1.76. The molecule has 0 radical (unpaired) electrons. The van der Waals surface area contributed by atoms with Gasteiger partial charge in [0, 0.05) is 24.3 Å². The Labute approximate surface area is 148 Å². The largest absolute Gasteiger partial charge is 0.322 e. The van der Waals surface area contributed by atoms with E-state index in [0.717, 1.165) is 24.0 Å². The van der Waals surface area contributed by atoms with Gasteiger partial charge >= 0.3 is 0 Å². The fourth-order valence-corrected chi connectivity index (χ4v) is 4.69. The summed E-state index contributed by atoms with van der Waals surface area (Å²) in [5, 5.41) is 2.84. The van der Waals surface area contributed by atoms with Crippen LogP contribution < -0.4 is 5.32 Å². The topological polar surface area (TPSA) is 66.5 Å². The molecule has 2 aromatic rings. The minimum absolute atomic E-state index is 0.169. The van der Waals surface area contributed by atoms with Crippen molar-refractivity contribution in [3.05, 3.63) is 59.2 Å². The second-order valence-corrected chi connectivity index (χ2v) is 8.41. The molecule has 2 aromatic carbocycles. The highest BCUT2D eigenvalue weighted by atomic mass is 32.2. The minimum atomic E-state index is -3.53. The second kappa shape index (κ2) is 6.98. The van der Waals surface area contributed by atoms with Crippen LogP contribution in [0.1, 0.15) is 34.3 Å². The van der Waals surface area contributed by atoms with Crippen LogP contribution in [0.3, 0.4) is 0 Å². The summed E-state index contributed by atoms with van der Waals surface area (Å²) in [6, 6.07) is 12.0. The van der Waals surface area contributed by atoms with Crippen molar-refractivity contribution in [3.63, 3.8) is 0 Å². The SMILES string of the molecule is Cc1cc(C)cc(NC(=O)c2cccc(S(=O)(=O)N3CCCC3)c2)c1. The Morgan fingerprint density at radius 3 is 2.28 bits per heavy atom. The van der Waals surface area contributed by atoms with Gasteiger partial charge < -0.3 is 5.32 Å². The average molecular weight is 358 g/mol. The van der Waals surface area contributed by atoms with Gasteiger partial charge in [-0.15, -0.1) is 0 Å². The smallest absolute Gasteiger partial charge is 0.255 e. The number of sulfonamides is 1. The number of carbonyl (C=O) groups excluding carboxylic acids is 1. The molecule has 0 saturated carbocycles. The lowest BCUT2D eigenvalue weighted by atomic mass is 10.1. The standard InChI is InChI=1S/C19H22N2O3S/c1-14-10-15(2)12-17(11-14)20-19(22)16-6-5-7-18(13-16)25(23,24)21-8-3-4-9-21/h5-7,10-13H,3-4,8-9H2,1-2H3,(H,20,22). The number of anilines is 1. The van der Waals surface area contributed by atoms with E-state index in [1.54, 1.807) is 18.2 Å². The normalized spacial score (nSPS) is 15.3. The van der Waals surface area contributed by atoms with Gasteiger partial charge in [0.15, 0.2) is 0 Å². The van der Waals surface area contributed by atoms with Crippen LogP contribution in [0.4, 0.5) is 5.69 Å². The molecule has 1 amide bonds. The zero-order valence-corrected chi connectivity index (χ0v) is 15.3. The maximum Gasteiger partial charge on any atom is 0.255 e. The van der Waals surface area contributed by atoms with E-state index in [1.807, 2.05) is 32.0 Å². The lowest BCUT2D eigenvalue weighted by molar-refractivity contribution is 0.102. The number of amides is 1. The zero-order chi connectivity index (χ0) is 18.0. The maximum absolute atomic E-state index is 12.7. The molecule has 0 spiro atoms. The first kappa shape index (κ1) is 17.6. The molecule has 0 bridgehead atoms. The predicted molar refractivity (Wildman–Crippen MR) is 98.3 cm³/mol. The fourth-order valence-electron chi connectivity index (χ4n) is 3.13. The van der Waals surface area contributed by atoms with Crippen molar-refractivity contribution in [2.75, 3.05) is 18.4 Å². The summed E-state index contributed by atoms with van der Waals surface area (Å²) in [5.74, 6) is -0.316. The average Bonchev–Trinajstić information content (AvgIpc) is 3.09. The number of carbonyl (C=O) groups is 1. The van der Waals surface area contributed by atoms with Crippen molar-refractivity contribution < 1.29 is 13.2 Å². The first-order valence-corrected chi connectivity index (χ1v) is 9.80. The highest BCUT2D eigenvalue weighted by Gasteiger charge is 2.27. The van der Waals surface area contributed by atoms with Crippen molar-refractivity contribution in [1.29, 1.82) is 0 Å². The van der Waals surface area contributed by atoms with E-state index < -0.39 is 10.0 Å². The number of hydrogen-bond acceptors (Lipinski definition) is 3. The molecule has 3 rings (SSSR count). The van der Waals surface area contributed by atoms with Crippen LogP contribution in [-0.4, -0.2) is 31.7 Å². The maximum atomic E-state index is 12.7. The van der Waals surface area contributed by atoms with Crippen molar-refractivity contribution in [1.82, 2.24) is 4.31 Å². The summed E-state index contributed by atoms with van der Waals surface area (Å²) >= 11 is 0. The third-order valence-electron chi connectivity index (χ3n) is 4.28. The molecule has 132 valence electrons. The Balaban J connectivity index is 1.84. The molecule has 0 unspecified atom stereocenters. The molecule has 1 saturated heterocycles. The van der Waals surface area contributed by atoms with Gasteiger partial charge in [-0.2, -0.15) is 4.31 Å². The van der Waals surface area contributed by atoms with Gasteiger partial charge in [-0.25, -0.2) is 8.42 Å². The minimum Gasteiger partial charge on any atom is -0.322 e. The molecular formula is C19H22N2O3S. The molecule has 6 heteroatoms. The fraction of sp³-hybridized carbons (Fsp3) is 0.316. The molecule has 0 atom stereocenters. The first-order valence-electron chi connectivity index (χ1n) is 8.36. The number of hydrogen-bond donors (Lipinski definition) is 1. The van der Waals surface area contributed by atoms with Crippen LogP contribution in [0, 0.1) is 13.8 Å². The lowest BCUT2D eigenvalue weighted by Crippen LogP contribution is -2.28. The number of nitrogens with one attached hydrogen (secondary N) is 1. The van der Waals surface area contributed by atoms with E-state index >= 15 is 0 Å². The van der Waals surface area contributed by atoms with Crippen molar-refractivity contribution in [2.45, 2.75) is 31.6 Å². The predicted octanol–water partition coefficient (Wildman–Crippen LogP) is 3.34. The van der Waals surface area contributed by atoms with E-state index in [0.29, 0.717) is 24.3 Å². The molecule has 1 fully saturated rings. The van der Waals surface area contributed by atoms with Crippen LogP contribution in [0.2, 0.25) is 0 Å². The third kappa shape index (κ3) is 3.91. The van der Waals surface area contributed by atoms with Crippen LogP contribution in [0.5, 0.6) is 0 Å². The van der Waals surface area contributed by atoms with Crippen LogP contribution in [0.25, 0.3) is 0 Å². The lowest BCUT2D eigenvalue weighted by Gasteiger charge is -2.16. The van der Waals surface area contributed by atoms with E-state index in [-0.39, 0.29) is 10.8 Å². The Morgan fingerprint density at radius 1 is 1.00 bits per heavy atom. The molecule has 1 N–H and O–H groups in total. The molecule has 1 heterocycles. The molecule has 25 heavy (non-hydrogen) atoms. The summed E-state index contributed by atoms with van der Waals surface area (Å²) in [5.41, 5.74) is 3.15. The monoisotopic (exact) mass is 358 g/mol. The number of benzene rings is 2. The summed E-state index contributed by atoms with van der Waals surface area (Å²) in [7, 11) is -3.53. The number of nitrogens with zero attached hydrogens (tertiary/aromatic N) is 1. The summed E-state index contributed by atoms with van der Waals surface area (Å²) < 4.78 is 26.8. The van der Waals surface area contributed by atoms with Crippen molar-refractivity contribution in [3.8, 4) is 0 Å². The van der Waals surface area contributed by atoms with E-state index in [1.165, 1.54) is 10.4 Å². The number of aryl methyl sites for hydroxylation is 2. The van der Waals surface area contributed by atoms with Crippen molar-refractivity contribution >= 4 is 21.6 Å². The van der Waals surface area contributed by atoms with Crippen molar-refractivity contribution in [2.24, 2.45) is 0 Å². The summed E-state index contributed by atoms with van der Waals surface area (Å²) in [4.78, 5) is 12.7. The molecule has 1 aliphatic rings. The quantitative estimate of drug-likeness (QED) is 0.911. The van der Waals surface area contributed by atoms with E-state index in [9.17, 15) is 13.2 Å². The zero-order valence-electron chi connectivity index (χ0n) is 14.5. The Hall–Kier alpha value is -2.18. The van der Waals surface area contributed by atoms with E-state index in [2.05, 4.69) is 5.32 Å². The van der Waals surface area contributed by atoms with Gasteiger partial charge in [-0.3, -0.25) is 4.79 Å². The number of rotatable bonds is 4. The van der Waals surface area contributed by atoms with Gasteiger partial charge in [0.2, 0.25) is 10.0 Å². The third-order valence-corrected chi connectivity index (χ3v) is 6.17. The Bertz CT molecular complexity index is 880. The molecule has 1 aliphatic heterocycles. The van der Waals surface area contributed by atoms with Gasteiger partial charge in [0.25, 0.3) is 5.91 Å². The van der Waals surface area contributed by atoms with Crippen LogP contribution in [-0.2, 0) is 10.0 Å². The first-order chi connectivity index (χ1) is 11.9. The van der Waals surface area contributed by atoms with Crippen LogP contribution >= 0.6 is 0 Å². The highest BCUT2D eigenvalue weighted by molar-refractivity contribution is 7.89. The summed E-state index contributed by atoms with van der Waals surface area (Å²) in [6.45, 7) is 5.01. The molecular weight excluding hydrogens is 336 g/mol. The van der Waals surface area contributed by atoms with Gasteiger partial charge in [-0.1, -0.05) is 12.1 Å². The highest BCUT2D eigenvalue weighted by Crippen LogP contribution is 2.22. The van der Waals surface area contributed by atoms with E-state index in [4.69, 9.17) is 0 Å². The van der Waals surface area contributed by atoms with Gasteiger partial charge in [0.1, 0.15) is 0 Å². The Morgan fingerprint density at radius 2 is 1.64 bits per heavy atom. The van der Waals surface area contributed by atoms with Crippen LogP contribution in [0.15, 0.2) is 47.4 Å². The molecule has 5 nitrogen and oxygen atoms in total. The molecule has 0 aliphatic carbocycles.